The Morgan fingerprint density at radius 2 is 1.50 bits per heavy atom. The lowest BCUT2D eigenvalue weighted by Crippen LogP contribution is -2.18. The number of nitrogens with zero attached hydrogens (tertiary/aromatic N) is 4. The molecule has 0 aliphatic heterocycles. The monoisotopic (exact) mass is 440 g/mol. The van der Waals surface area contributed by atoms with Crippen LogP contribution in [-0.2, 0) is 13.1 Å². The maximum absolute atomic E-state index is 13.0. The van der Waals surface area contributed by atoms with Crippen molar-refractivity contribution < 1.29 is 4.39 Å². The maximum atomic E-state index is 13.0. The predicted molar refractivity (Wildman–Crippen MR) is 120 cm³/mol. The average molecular weight is 441 g/mol. The Bertz CT molecular complexity index is 1150. The van der Waals surface area contributed by atoms with Crippen LogP contribution >= 0.6 is 23.8 Å². The number of nitrogens with one attached hydrogen (secondary N) is 2. The Hall–Kier alpha value is -3.23. The van der Waals surface area contributed by atoms with Crippen LogP contribution < -0.4 is 10.6 Å². The third kappa shape index (κ3) is 5.43. The van der Waals surface area contributed by atoms with Gasteiger partial charge in [0.2, 0.25) is 0 Å². The lowest BCUT2D eigenvalue weighted by molar-refractivity contribution is 0.624. The zero-order valence-electron chi connectivity index (χ0n) is 15.8. The summed E-state index contributed by atoms with van der Waals surface area (Å²) in [6.45, 7) is 1.15. The van der Waals surface area contributed by atoms with Crippen LogP contribution in [0.1, 0.15) is 11.1 Å². The van der Waals surface area contributed by atoms with Crippen molar-refractivity contribution in [2.45, 2.75) is 13.1 Å². The highest BCUT2D eigenvalue weighted by atomic mass is 35.5. The molecule has 0 spiro atoms. The van der Waals surface area contributed by atoms with Crippen molar-refractivity contribution in [1.82, 2.24) is 19.6 Å². The Labute approximate surface area is 183 Å². The molecule has 0 atom stereocenters. The molecule has 30 heavy (non-hydrogen) atoms. The van der Waals surface area contributed by atoms with Gasteiger partial charge in [-0.2, -0.15) is 10.2 Å². The van der Waals surface area contributed by atoms with Crippen LogP contribution in [0.25, 0.3) is 0 Å². The van der Waals surface area contributed by atoms with Gasteiger partial charge in [-0.15, -0.1) is 0 Å². The highest BCUT2D eigenvalue weighted by Gasteiger charge is 2.05. The molecule has 0 bridgehead atoms. The van der Waals surface area contributed by atoms with E-state index in [-0.39, 0.29) is 5.82 Å². The van der Waals surface area contributed by atoms with Gasteiger partial charge in [-0.05, 0) is 47.6 Å². The van der Waals surface area contributed by atoms with Crippen LogP contribution in [0.15, 0.2) is 73.3 Å². The fraction of sp³-hybridized carbons (Fsp3) is 0.0952. The summed E-state index contributed by atoms with van der Waals surface area (Å²) in [7, 11) is 0. The minimum Gasteiger partial charge on any atom is -0.330 e. The number of anilines is 2. The largest absolute Gasteiger partial charge is 0.330 e. The van der Waals surface area contributed by atoms with E-state index in [1.807, 2.05) is 36.7 Å². The van der Waals surface area contributed by atoms with Crippen molar-refractivity contribution in [2.24, 2.45) is 0 Å². The molecule has 0 saturated carbocycles. The van der Waals surface area contributed by atoms with Crippen LogP contribution in [0.3, 0.4) is 0 Å². The van der Waals surface area contributed by atoms with E-state index in [1.165, 1.54) is 12.1 Å². The smallest absolute Gasteiger partial charge is 0.175 e. The van der Waals surface area contributed by atoms with E-state index >= 15 is 0 Å². The first-order valence-electron chi connectivity index (χ1n) is 9.15. The van der Waals surface area contributed by atoms with E-state index in [0.717, 1.165) is 22.5 Å². The summed E-state index contributed by atoms with van der Waals surface area (Å²) in [5, 5.41) is 16.0. The van der Waals surface area contributed by atoms with E-state index in [4.69, 9.17) is 23.8 Å². The second-order valence-corrected chi connectivity index (χ2v) is 7.53. The number of halogens is 2. The fourth-order valence-electron chi connectivity index (χ4n) is 2.92. The van der Waals surface area contributed by atoms with Crippen molar-refractivity contribution in [1.29, 1.82) is 0 Å². The van der Waals surface area contributed by atoms with E-state index < -0.39 is 0 Å². The average Bonchev–Trinajstić information content (AvgIpc) is 3.33. The molecular weight excluding hydrogens is 423 g/mol. The number of thiocarbonyl (C=S) groups is 1. The molecule has 6 nitrogen and oxygen atoms in total. The summed E-state index contributed by atoms with van der Waals surface area (Å²) in [4.78, 5) is 0. The van der Waals surface area contributed by atoms with Crippen molar-refractivity contribution in [3.05, 3.63) is 95.3 Å². The lowest BCUT2D eigenvalue weighted by Gasteiger charge is -2.06. The first-order valence-corrected chi connectivity index (χ1v) is 9.94. The molecule has 152 valence electrons. The van der Waals surface area contributed by atoms with Crippen molar-refractivity contribution in [3.8, 4) is 0 Å². The number of hydrogen-bond donors (Lipinski definition) is 2. The number of rotatable bonds is 6. The SMILES string of the molecule is Fc1ccc(Cn2cc(NC(=S)Nc3cnn(Cc4cccc(Cl)c4)c3)cn2)cc1. The van der Waals surface area contributed by atoms with Gasteiger partial charge >= 0.3 is 0 Å². The third-order valence-corrected chi connectivity index (χ3v) is 4.71. The van der Waals surface area contributed by atoms with Gasteiger partial charge in [0.15, 0.2) is 5.11 Å². The number of benzene rings is 2. The van der Waals surface area contributed by atoms with Crippen molar-refractivity contribution in [3.63, 3.8) is 0 Å². The Morgan fingerprint density at radius 1 is 0.900 bits per heavy atom. The minimum absolute atomic E-state index is 0.256. The Balaban J connectivity index is 1.31. The van der Waals surface area contributed by atoms with E-state index in [9.17, 15) is 4.39 Å². The first-order chi connectivity index (χ1) is 14.5. The molecule has 0 saturated heterocycles. The molecule has 0 amide bonds. The molecule has 0 unspecified atom stereocenters. The molecular formula is C21H18ClFN6S. The minimum atomic E-state index is -0.256. The molecule has 2 aromatic heterocycles. The second-order valence-electron chi connectivity index (χ2n) is 6.69. The third-order valence-electron chi connectivity index (χ3n) is 4.27. The zero-order chi connectivity index (χ0) is 20.9. The van der Waals surface area contributed by atoms with Gasteiger partial charge in [0.25, 0.3) is 0 Å². The summed E-state index contributed by atoms with van der Waals surface area (Å²) < 4.78 is 16.6. The van der Waals surface area contributed by atoms with Crippen LogP contribution in [0, 0.1) is 5.82 Å². The van der Waals surface area contributed by atoms with Gasteiger partial charge < -0.3 is 10.6 Å². The maximum Gasteiger partial charge on any atom is 0.175 e. The summed E-state index contributed by atoms with van der Waals surface area (Å²) >= 11 is 11.4. The van der Waals surface area contributed by atoms with E-state index in [0.29, 0.717) is 23.2 Å². The molecule has 2 heterocycles. The lowest BCUT2D eigenvalue weighted by atomic mass is 10.2. The normalized spacial score (nSPS) is 10.7. The molecule has 0 aliphatic carbocycles. The highest BCUT2D eigenvalue weighted by molar-refractivity contribution is 7.80. The fourth-order valence-corrected chi connectivity index (χ4v) is 3.37. The molecule has 0 radical (unpaired) electrons. The van der Waals surface area contributed by atoms with Crippen molar-refractivity contribution >= 4 is 40.3 Å². The Kier molecular flexibility index (Phi) is 6.06. The first kappa shape index (κ1) is 20.1. The van der Waals surface area contributed by atoms with Crippen LogP contribution in [0.4, 0.5) is 15.8 Å². The summed E-state index contributed by atoms with van der Waals surface area (Å²) in [6, 6.07) is 14.0. The number of aromatic nitrogens is 4. The van der Waals surface area contributed by atoms with Gasteiger partial charge in [0, 0.05) is 17.4 Å². The standard InChI is InChI=1S/C21H18ClFN6S/c22-17-3-1-2-16(8-17)12-29-14-20(10-25-29)27-21(30)26-19-9-24-28(13-19)11-15-4-6-18(23)7-5-15/h1-10,13-14H,11-12H2,(H2,26,27,30). The van der Waals surface area contributed by atoms with Gasteiger partial charge in [0.1, 0.15) is 5.82 Å². The second kappa shape index (κ2) is 9.06. The van der Waals surface area contributed by atoms with Gasteiger partial charge in [-0.3, -0.25) is 9.36 Å². The van der Waals surface area contributed by atoms with Gasteiger partial charge in [0.05, 0.1) is 36.9 Å². The summed E-state index contributed by atoms with van der Waals surface area (Å²) in [5.74, 6) is -0.256. The topological polar surface area (TPSA) is 59.7 Å². The molecule has 2 N–H and O–H groups in total. The molecule has 4 rings (SSSR count). The molecule has 4 aromatic rings. The quantitative estimate of drug-likeness (QED) is 0.423. The van der Waals surface area contributed by atoms with Crippen LogP contribution in [-0.4, -0.2) is 24.7 Å². The Morgan fingerprint density at radius 3 is 2.10 bits per heavy atom. The van der Waals surface area contributed by atoms with Crippen LogP contribution in [0.2, 0.25) is 5.02 Å². The predicted octanol–water partition coefficient (Wildman–Crippen LogP) is 4.78. The van der Waals surface area contributed by atoms with Crippen molar-refractivity contribution in [2.75, 3.05) is 10.6 Å². The highest BCUT2D eigenvalue weighted by Crippen LogP contribution is 2.14. The summed E-state index contributed by atoms with van der Waals surface area (Å²) in [6.07, 6.45) is 7.09. The zero-order valence-corrected chi connectivity index (χ0v) is 17.4. The molecule has 0 fully saturated rings. The number of hydrogen-bond acceptors (Lipinski definition) is 3. The molecule has 0 aliphatic rings. The van der Waals surface area contributed by atoms with Gasteiger partial charge in [-0.25, -0.2) is 4.39 Å². The molecule has 9 heteroatoms. The van der Waals surface area contributed by atoms with Gasteiger partial charge in [-0.1, -0.05) is 35.9 Å². The van der Waals surface area contributed by atoms with Crippen LogP contribution in [0.5, 0.6) is 0 Å². The molecule has 2 aromatic carbocycles. The van der Waals surface area contributed by atoms with E-state index in [2.05, 4.69) is 20.8 Å². The summed E-state index contributed by atoms with van der Waals surface area (Å²) in [5.41, 5.74) is 3.54. The van der Waals surface area contributed by atoms with E-state index in [1.54, 1.807) is 33.9 Å².